The first-order chi connectivity index (χ1) is 33.5. The second-order valence-electron chi connectivity index (χ2n) is 18.5. The number of nitrogens with zero attached hydrogens (tertiary/aromatic N) is 3. The largest absolute Gasteiger partial charge is 0.482 e. The van der Waals surface area contributed by atoms with E-state index in [0.29, 0.717) is 127 Å². The molecular weight excluding hydrogens is 1010 g/mol. The zero-order chi connectivity index (χ0) is 49.2. The molecule has 3 aromatic heterocycles. The van der Waals surface area contributed by atoms with Crippen LogP contribution in [0.15, 0.2) is 103 Å². The van der Waals surface area contributed by atoms with Crippen molar-refractivity contribution in [3.8, 4) is 50.3 Å². The maximum absolute atomic E-state index is 13.1. The number of halogens is 6. The average molecular weight is 1050 g/mol. The lowest BCUT2D eigenvalue weighted by Gasteiger charge is -2.49. The highest BCUT2D eigenvalue weighted by Crippen LogP contribution is 2.46. The molecule has 10 rings (SSSR count). The number of piperidine rings is 1. The third kappa shape index (κ3) is 9.03. The summed E-state index contributed by atoms with van der Waals surface area (Å²) in [5.41, 5.74) is 8.91. The molecule has 1 fully saturated rings. The van der Waals surface area contributed by atoms with Gasteiger partial charge in [0.2, 0.25) is 0 Å². The minimum Gasteiger partial charge on any atom is -0.482 e. The van der Waals surface area contributed by atoms with Gasteiger partial charge < -0.3 is 19.4 Å². The Labute approximate surface area is 434 Å². The molecule has 8 bridgehead atoms. The molecular formula is C55H42Cl6N5O4. The molecule has 2 N–H and O–H groups in total. The quantitative estimate of drug-likeness (QED) is 0.146. The van der Waals surface area contributed by atoms with Gasteiger partial charge in [-0.25, -0.2) is 14.8 Å². The van der Waals surface area contributed by atoms with Crippen LogP contribution in [0.2, 0.25) is 30.1 Å². The van der Waals surface area contributed by atoms with E-state index in [1.165, 1.54) is 0 Å². The maximum Gasteiger partial charge on any atom is 0.344 e. The van der Waals surface area contributed by atoms with Crippen LogP contribution in [0.1, 0.15) is 63.3 Å². The monoisotopic (exact) mass is 1050 g/mol. The van der Waals surface area contributed by atoms with Gasteiger partial charge in [-0.2, -0.15) is 0 Å². The van der Waals surface area contributed by atoms with Gasteiger partial charge in [-0.15, -0.1) is 10.3 Å². The first-order valence-electron chi connectivity index (χ1n) is 22.4. The van der Waals surface area contributed by atoms with Crippen molar-refractivity contribution in [1.29, 1.82) is 0 Å². The lowest BCUT2D eigenvalue weighted by molar-refractivity contribution is -0.299. The van der Waals surface area contributed by atoms with Crippen LogP contribution in [0.4, 0.5) is 0 Å². The fourth-order valence-corrected chi connectivity index (χ4v) is 11.6. The van der Waals surface area contributed by atoms with Gasteiger partial charge >= 0.3 is 5.97 Å². The van der Waals surface area contributed by atoms with E-state index >= 15 is 0 Å². The molecule has 3 aliphatic heterocycles. The maximum atomic E-state index is 13.1. The Balaban J connectivity index is 1.18. The summed E-state index contributed by atoms with van der Waals surface area (Å²) in [6.07, 6.45) is 8.12. The van der Waals surface area contributed by atoms with E-state index in [0.717, 1.165) is 16.2 Å². The standard InChI is InChI=1S/C55H42Cl6N5O4/c1-54(2)26-31(27-55(3,4)66(54)68)70-46(67)28-69-30-16-14-29(15-17-30)47-38-18-20-40(62-38)51(48-32(56)8-5-9-33(48)57)42-22-24-44(64-42)53(50-36(60)12-7-13-37(50)61)45-25-23-43(65-45)52(41-21-19-39(47)63-41)49-34(58)10-6-11-35(49)59/h5-25,31,62,65H,26-28H2,1-4H3. The fraction of sp³-hybridized carbons (Fsp3) is 0.182. The SMILES string of the molecule is CC1(C)CC(OC(=O)COc2ccc(-c3c4nc(c(-c5c(Cl)cccc5Cl)c5ccc([nH]5)c(-c5c(Cl)cccc5Cl)c5nc(c(-c6c(Cl)cccc6Cl)c6ccc3[nH]6)C=C5)C=C4)cc2)CC(C)(C)N1[O]. The number of nitrogens with one attached hydrogen (secondary N) is 2. The van der Waals surface area contributed by atoms with E-state index in [9.17, 15) is 10.0 Å². The Morgan fingerprint density at radius 1 is 0.529 bits per heavy atom. The van der Waals surface area contributed by atoms with Crippen LogP contribution in [0.25, 0.3) is 90.9 Å². The lowest BCUT2D eigenvalue weighted by atomic mass is 9.80. The average Bonchev–Trinajstić information content (AvgIpc) is 4.16. The smallest absolute Gasteiger partial charge is 0.344 e. The first-order valence-corrected chi connectivity index (χ1v) is 24.6. The van der Waals surface area contributed by atoms with Crippen molar-refractivity contribution in [2.75, 3.05) is 6.61 Å². The third-order valence-electron chi connectivity index (χ3n) is 12.7. The van der Waals surface area contributed by atoms with Crippen molar-refractivity contribution >= 4 is 122 Å². The Hall–Kier alpha value is -5.59. The van der Waals surface area contributed by atoms with Crippen molar-refractivity contribution in [2.24, 2.45) is 0 Å². The topological polar surface area (TPSA) is 116 Å². The van der Waals surface area contributed by atoms with Gasteiger partial charge in [0.1, 0.15) is 11.9 Å². The number of aromatic nitrogens is 4. The molecule has 70 heavy (non-hydrogen) atoms. The van der Waals surface area contributed by atoms with E-state index in [1.54, 1.807) is 66.7 Å². The van der Waals surface area contributed by atoms with Gasteiger partial charge in [0, 0.05) is 84.9 Å². The number of ether oxygens (including phenoxy) is 2. The number of hydroxylamine groups is 2. The summed E-state index contributed by atoms with van der Waals surface area (Å²) in [4.78, 5) is 31.1. The Kier molecular flexibility index (Phi) is 13.0. The van der Waals surface area contributed by atoms with Crippen molar-refractivity contribution in [2.45, 2.75) is 57.7 Å². The molecule has 0 saturated carbocycles. The van der Waals surface area contributed by atoms with Gasteiger partial charge in [0.15, 0.2) is 6.61 Å². The molecule has 1 saturated heterocycles. The van der Waals surface area contributed by atoms with Gasteiger partial charge in [-0.3, -0.25) is 0 Å². The normalized spacial score (nSPS) is 15.4. The molecule has 9 nitrogen and oxygen atoms in total. The molecule has 4 aromatic carbocycles. The number of esters is 1. The van der Waals surface area contributed by atoms with Crippen LogP contribution in [-0.2, 0) is 14.7 Å². The van der Waals surface area contributed by atoms with Gasteiger partial charge in [0.25, 0.3) is 0 Å². The number of rotatable bonds is 8. The zero-order valence-corrected chi connectivity index (χ0v) is 42.6. The van der Waals surface area contributed by atoms with Crippen LogP contribution >= 0.6 is 69.6 Å². The number of benzene rings is 4. The molecule has 0 unspecified atom stereocenters. The summed E-state index contributed by atoms with van der Waals surface area (Å²) < 4.78 is 11.8. The predicted octanol–water partition coefficient (Wildman–Crippen LogP) is 16.5. The van der Waals surface area contributed by atoms with Gasteiger partial charge in [-0.05, 0) is 130 Å². The molecule has 0 spiro atoms. The van der Waals surface area contributed by atoms with Gasteiger partial charge in [-0.1, -0.05) is 99.9 Å². The number of hydrogen-bond acceptors (Lipinski definition) is 6. The van der Waals surface area contributed by atoms with Crippen LogP contribution < -0.4 is 4.74 Å². The highest BCUT2D eigenvalue weighted by molar-refractivity contribution is 6.41. The number of aromatic amines is 2. The molecule has 0 aliphatic carbocycles. The summed E-state index contributed by atoms with van der Waals surface area (Å²) in [6, 6.07) is 31.3. The highest BCUT2D eigenvalue weighted by atomic mass is 35.5. The summed E-state index contributed by atoms with van der Waals surface area (Å²) in [5, 5.41) is 16.6. The summed E-state index contributed by atoms with van der Waals surface area (Å²) in [5.74, 6) is -0.0613. The molecule has 7 aromatic rings. The molecule has 0 amide bonds. The minimum absolute atomic E-state index is 0.308. The van der Waals surface area contributed by atoms with E-state index in [2.05, 4.69) is 9.97 Å². The van der Waals surface area contributed by atoms with Crippen molar-refractivity contribution in [3.63, 3.8) is 0 Å². The van der Waals surface area contributed by atoms with Crippen LogP contribution in [0.5, 0.6) is 5.75 Å². The van der Waals surface area contributed by atoms with Crippen LogP contribution in [-0.4, -0.2) is 54.8 Å². The van der Waals surface area contributed by atoms with E-state index < -0.39 is 23.2 Å². The lowest BCUT2D eigenvalue weighted by Crippen LogP contribution is -2.60. The number of H-pyrrole nitrogens is 2. The molecule has 15 heteroatoms. The fourth-order valence-electron chi connectivity index (χ4n) is 9.84. The minimum atomic E-state index is -0.684. The van der Waals surface area contributed by atoms with Gasteiger partial charge in [0.05, 0.1) is 52.9 Å². The molecule has 1 radical (unpaired) electrons. The summed E-state index contributed by atoms with van der Waals surface area (Å²) >= 11 is 42.1. The third-order valence-corrected chi connectivity index (χ3v) is 14.6. The molecule has 353 valence electrons. The van der Waals surface area contributed by atoms with Crippen molar-refractivity contribution < 1.29 is 19.5 Å². The molecule has 0 atom stereocenters. The zero-order valence-electron chi connectivity index (χ0n) is 38.1. The summed E-state index contributed by atoms with van der Waals surface area (Å²) in [6.45, 7) is 7.14. The second-order valence-corrected chi connectivity index (χ2v) is 21.0. The molecule has 3 aliphatic rings. The van der Waals surface area contributed by atoms with Crippen molar-refractivity contribution in [1.82, 2.24) is 25.0 Å². The number of hydrogen-bond donors (Lipinski definition) is 2. The number of carbonyl (C=O) groups is 1. The molecule has 6 heterocycles. The Bertz CT molecular complexity index is 3380. The Morgan fingerprint density at radius 2 is 0.871 bits per heavy atom. The van der Waals surface area contributed by atoms with E-state index in [4.69, 9.17) is 89.0 Å². The Morgan fingerprint density at radius 3 is 1.24 bits per heavy atom. The number of carbonyl (C=O) groups excluding carboxylic acids is 1. The second kappa shape index (κ2) is 18.9. The van der Waals surface area contributed by atoms with Crippen molar-refractivity contribution in [3.05, 3.63) is 156 Å². The first kappa shape index (κ1) is 48.1. The summed E-state index contributed by atoms with van der Waals surface area (Å²) in [7, 11) is 0. The predicted molar refractivity (Wildman–Crippen MR) is 286 cm³/mol. The van der Waals surface area contributed by atoms with Crippen LogP contribution in [0, 0.1) is 0 Å². The van der Waals surface area contributed by atoms with E-state index in [-0.39, 0.29) is 6.61 Å². The highest BCUT2D eigenvalue weighted by Gasteiger charge is 2.47. The van der Waals surface area contributed by atoms with Crippen LogP contribution in [0.3, 0.4) is 0 Å². The van der Waals surface area contributed by atoms with E-state index in [1.807, 2.05) is 88.4 Å². The number of fused-ring (bicyclic) bond motifs is 8.